The van der Waals surface area contributed by atoms with Gasteiger partial charge in [0.05, 0.1) is 0 Å². The van der Waals surface area contributed by atoms with E-state index >= 15 is 0 Å². The molecule has 21 heavy (non-hydrogen) atoms. The van der Waals surface area contributed by atoms with Crippen LogP contribution in [-0.2, 0) is 13.0 Å². The van der Waals surface area contributed by atoms with Crippen molar-refractivity contribution in [1.29, 1.82) is 0 Å². The first-order valence-corrected chi connectivity index (χ1v) is 6.50. The maximum absolute atomic E-state index is 12.8. The Morgan fingerprint density at radius 3 is 2.24 bits per heavy atom. The minimum absolute atomic E-state index is 0. The molecule has 2 aromatic rings. The zero-order chi connectivity index (χ0) is 14.6. The Kier molecular flexibility index (Phi) is 7.50. The monoisotopic (exact) mass is 318 g/mol. The molecule has 0 unspecified atom stereocenters. The van der Waals surface area contributed by atoms with E-state index in [2.05, 4.69) is 0 Å². The standard InChI is InChI=1S/C15H15BF3O.K/c1-2-13-10-14(8-9-15(13)16(17,18)19)20-11-12-6-4-3-5-7-12;/h3-10H,2,11H2,1H3;/q-1;+1. The summed E-state index contributed by atoms with van der Waals surface area (Å²) < 4.78 is 44.1. The Labute approximate surface area is 165 Å². The Hall–Kier alpha value is -0.269. The van der Waals surface area contributed by atoms with Gasteiger partial charge in [-0.1, -0.05) is 48.9 Å². The summed E-state index contributed by atoms with van der Waals surface area (Å²) in [6, 6.07) is 13.5. The fraction of sp³-hybridized carbons (Fsp3) is 0.200. The zero-order valence-corrected chi connectivity index (χ0v) is 15.3. The van der Waals surface area contributed by atoms with Crippen molar-refractivity contribution in [1.82, 2.24) is 0 Å². The molecular formula is C15H15BF3KO. The number of ether oxygens (including phenoxy) is 1. The first-order chi connectivity index (χ1) is 9.50. The van der Waals surface area contributed by atoms with Gasteiger partial charge in [0.2, 0.25) is 0 Å². The van der Waals surface area contributed by atoms with Gasteiger partial charge in [0.25, 0.3) is 0 Å². The fourth-order valence-corrected chi connectivity index (χ4v) is 2.04. The van der Waals surface area contributed by atoms with Gasteiger partial charge in [-0.05, 0) is 24.1 Å². The molecule has 0 N–H and O–H groups in total. The Morgan fingerprint density at radius 1 is 1.00 bits per heavy atom. The quantitative estimate of drug-likeness (QED) is 0.744. The number of benzene rings is 2. The van der Waals surface area contributed by atoms with Crippen LogP contribution in [0.4, 0.5) is 12.9 Å². The first kappa shape index (κ1) is 18.8. The van der Waals surface area contributed by atoms with E-state index in [-0.39, 0.29) is 56.9 Å². The molecule has 0 spiro atoms. The number of hydrogen-bond donors (Lipinski definition) is 0. The summed E-state index contributed by atoms with van der Waals surface area (Å²) in [5.41, 5.74) is 0.734. The Bertz CT molecular complexity index is 573. The number of hydrogen-bond acceptors (Lipinski definition) is 1. The molecule has 0 aliphatic rings. The van der Waals surface area contributed by atoms with Crippen LogP contribution in [-0.4, -0.2) is 6.98 Å². The van der Waals surface area contributed by atoms with E-state index in [1.807, 2.05) is 30.3 Å². The topological polar surface area (TPSA) is 9.23 Å². The maximum atomic E-state index is 12.8. The molecule has 0 radical (unpaired) electrons. The summed E-state index contributed by atoms with van der Waals surface area (Å²) in [7, 11) is 0. The number of aryl methyl sites for hydroxylation is 1. The van der Waals surface area contributed by atoms with Gasteiger partial charge in [-0.3, -0.25) is 0 Å². The minimum atomic E-state index is -4.97. The van der Waals surface area contributed by atoms with Gasteiger partial charge in [0, 0.05) is 0 Å². The molecule has 0 atom stereocenters. The van der Waals surface area contributed by atoms with Gasteiger partial charge >= 0.3 is 58.4 Å². The molecule has 0 aliphatic carbocycles. The van der Waals surface area contributed by atoms with E-state index in [4.69, 9.17) is 4.74 Å². The smallest absolute Gasteiger partial charge is 0.489 e. The summed E-state index contributed by atoms with van der Waals surface area (Å²) in [6.45, 7) is -2.91. The summed E-state index contributed by atoms with van der Waals surface area (Å²) in [4.78, 5) is 0. The molecule has 2 aromatic carbocycles. The SMILES string of the molecule is CCc1cc(OCc2ccccc2)ccc1[B-](F)(F)F.[K+]. The van der Waals surface area contributed by atoms with Crippen LogP contribution < -0.4 is 61.6 Å². The third-order valence-corrected chi connectivity index (χ3v) is 3.10. The molecule has 0 amide bonds. The second-order valence-electron chi connectivity index (χ2n) is 4.56. The van der Waals surface area contributed by atoms with Crippen LogP contribution >= 0.6 is 0 Å². The van der Waals surface area contributed by atoms with E-state index in [1.54, 1.807) is 6.92 Å². The van der Waals surface area contributed by atoms with Crippen LogP contribution in [0, 0.1) is 0 Å². The predicted molar refractivity (Wildman–Crippen MR) is 75.3 cm³/mol. The molecule has 0 aliphatic heterocycles. The molecule has 0 heterocycles. The van der Waals surface area contributed by atoms with Crippen molar-refractivity contribution in [2.24, 2.45) is 0 Å². The fourth-order valence-electron chi connectivity index (χ4n) is 2.04. The van der Waals surface area contributed by atoms with Gasteiger partial charge in [-0.25, -0.2) is 0 Å². The van der Waals surface area contributed by atoms with Crippen molar-refractivity contribution in [2.75, 3.05) is 0 Å². The van der Waals surface area contributed by atoms with Crippen LogP contribution in [0.5, 0.6) is 5.75 Å². The second kappa shape index (κ2) is 8.39. The summed E-state index contributed by atoms with van der Waals surface area (Å²) in [5, 5.41) is 0. The van der Waals surface area contributed by atoms with Crippen LogP contribution in [0.15, 0.2) is 48.5 Å². The summed E-state index contributed by atoms with van der Waals surface area (Å²) in [6.07, 6.45) is 0.332. The number of rotatable bonds is 5. The van der Waals surface area contributed by atoms with Gasteiger partial charge in [0.1, 0.15) is 12.4 Å². The molecule has 0 bridgehead atoms. The van der Waals surface area contributed by atoms with Gasteiger partial charge < -0.3 is 17.7 Å². The van der Waals surface area contributed by atoms with Crippen LogP contribution in [0.1, 0.15) is 18.1 Å². The third kappa shape index (κ3) is 5.45. The third-order valence-electron chi connectivity index (χ3n) is 3.10. The molecular weight excluding hydrogens is 303 g/mol. The van der Waals surface area contributed by atoms with Crippen molar-refractivity contribution in [3.8, 4) is 5.75 Å². The molecule has 0 aromatic heterocycles. The molecule has 0 saturated carbocycles. The van der Waals surface area contributed by atoms with E-state index < -0.39 is 12.4 Å². The van der Waals surface area contributed by atoms with Gasteiger partial charge in [-0.2, -0.15) is 0 Å². The van der Waals surface area contributed by atoms with Crippen molar-refractivity contribution in [3.05, 3.63) is 59.7 Å². The average molecular weight is 318 g/mol. The molecule has 2 rings (SSSR count). The van der Waals surface area contributed by atoms with Crippen LogP contribution in [0.3, 0.4) is 0 Å². The average Bonchev–Trinajstić information content (AvgIpc) is 2.45. The predicted octanol–water partition coefficient (Wildman–Crippen LogP) is 0.886. The van der Waals surface area contributed by atoms with E-state index in [0.29, 0.717) is 18.8 Å². The summed E-state index contributed by atoms with van der Waals surface area (Å²) >= 11 is 0. The zero-order valence-electron chi connectivity index (χ0n) is 12.2. The molecule has 106 valence electrons. The van der Waals surface area contributed by atoms with Gasteiger partial charge in [0.15, 0.2) is 0 Å². The largest absolute Gasteiger partial charge is 1.00 e. The molecule has 6 heteroatoms. The minimum Gasteiger partial charge on any atom is -0.489 e. The second-order valence-corrected chi connectivity index (χ2v) is 4.56. The summed E-state index contributed by atoms with van der Waals surface area (Å²) in [5.74, 6) is 0.467. The number of halogens is 3. The van der Waals surface area contributed by atoms with Crippen molar-refractivity contribution in [2.45, 2.75) is 20.0 Å². The van der Waals surface area contributed by atoms with Crippen molar-refractivity contribution < 1.29 is 69.1 Å². The van der Waals surface area contributed by atoms with E-state index in [1.165, 1.54) is 12.1 Å². The maximum Gasteiger partial charge on any atom is 1.00 e. The van der Waals surface area contributed by atoms with Crippen LogP contribution in [0.25, 0.3) is 0 Å². The Balaban J connectivity index is 0.00000220. The first-order valence-electron chi connectivity index (χ1n) is 6.50. The normalized spacial score (nSPS) is 10.9. The van der Waals surface area contributed by atoms with Crippen molar-refractivity contribution >= 4 is 12.4 Å². The van der Waals surface area contributed by atoms with E-state index in [9.17, 15) is 12.9 Å². The molecule has 0 saturated heterocycles. The molecule has 1 nitrogen and oxygen atoms in total. The van der Waals surface area contributed by atoms with Crippen LogP contribution in [0.2, 0.25) is 0 Å². The van der Waals surface area contributed by atoms with Crippen molar-refractivity contribution in [3.63, 3.8) is 0 Å². The van der Waals surface area contributed by atoms with E-state index in [0.717, 1.165) is 11.6 Å². The van der Waals surface area contributed by atoms with Gasteiger partial charge in [-0.15, -0.1) is 5.46 Å². The molecule has 0 fully saturated rings. The Morgan fingerprint density at radius 2 is 1.67 bits per heavy atom.